The lowest BCUT2D eigenvalue weighted by molar-refractivity contribution is 0.629. The first-order chi connectivity index (χ1) is 10.5. The van der Waals surface area contributed by atoms with Gasteiger partial charge < -0.3 is 4.98 Å². The maximum absolute atomic E-state index is 13.5. The van der Waals surface area contributed by atoms with Crippen molar-refractivity contribution in [1.82, 2.24) is 4.98 Å². The Kier molecular flexibility index (Phi) is 3.61. The second kappa shape index (κ2) is 5.45. The van der Waals surface area contributed by atoms with Gasteiger partial charge in [-0.1, -0.05) is 23.2 Å². The zero-order valence-electron chi connectivity index (χ0n) is 11.0. The summed E-state index contributed by atoms with van der Waals surface area (Å²) in [6, 6.07) is 10.3. The summed E-state index contributed by atoms with van der Waals surface area (Å²) >= 11 is 12.0. The van der Waals surface area contributed by atoms with E-state index >= 15 is 0 Å². The van der Waals surface area contributed by atoms with E-state index in [0.29, 0.717) is 21.8 Å². The molecule has 0 saturated carbocycles. The summed E-state index contributed by atoms with van der Waals surface area (Å²) in [6.45, 7) is 0. The van der Waals surface area contributed by atoms with Crippen molar-refractivity contribution in [3.05, 3.63) is 68.0 Å². The van der Waals surface area contributed by atoms with Crippen LogP contribution < -0.4 is 5.43 Å². The van der Waals surface area contributed by atoms with Crippen molar-refractivity contribution >= 4 is 34.1 Å². The Morgan fingerprint density at radius 2 is 1.86 bits per heavy atom. The van der Waals surface area contributed by atoms with Crippen molar-refractivity contribution in [3.8, 4) is 17.3 Å². The second-order valence-electron chi connectivity index (χ2n) is 4.66. The molecule has 0 atom stereocenters. The van der Waals surface area contributed by atoms with Crippen LogP contribution in [0.25, 0.3) is 22.2 Å². The van der Waals surface area contributed by atoms with Crippen molar-refractivity contribution in [1.29, 1.82) is 5.26 Å². The summed E-state index contributed by atoms with van der Waals surface area (Å²) in [5, 5.41) is 9.59. The molecule has 0 aliphatic rings. The van der Waals surface area contributed by atoms with Gasteiger partial charge in [0.25, 0.3) is 0 Å². The highest BCUT2D eigenvalue weighted by Crippen LogP contribution is 2.29. The molecule has 0 amide bonds. The minimum absolute atomic E-state index is 0.0414. The van der Waals surface area contributed by atoms with Crippen LogP contribution in [0.1, 0.15) is 5.56 Å². The van der Waals surface area contributed by atoms with Crippen LogP contribution in [0.4, 0.5) is 4.39 Å². The molecule has 3 nitrogen and oxygen atoms in total. The normalized spacial score (nSPS) is 10.6. The predicted octanol–water partition coefficient (Wildman–Crippen LogP) is 4.51. The molecule has 0 radical (unpaired) electrons. The third-order valence-corrected chi connectivity index (χ3v) is 3.86. The molecule has 0 bridgehead atoms. The van der Waals surface area contributed by atoms with Crippen molar-refractivity contribution < 1.29 is 4.39 Å². The first kappa shape index (κ1) is 14.6. The van der Waals surface area contributed by atoms with E-state index in [9.17, 15) is 9.18 Å². The van der Waals surface area contributed by atoms with Gasteiger partial charge >= 0.3 is 0 Å². The lowest BCUT2D eigenvalue weighted by atomic mass is 10.1. The molecule has 3 aromatic rings. The number of H-pyrrole nitrogens is 1. The van der Waals surface area contributed by atoms with Crippen LogP contribution in [0.3, 0.4) is 0 Å². The minimum Gasteiger partial charge on any atom is -0.354 e. The number of nitrogens with one attached hydrogen (secondary N) is 1. The predicted molar refractivity (Wildman–Crippen MR) is 84.7 cm³/mol. The molecule has 22 heavy (non-hydrogen) atoms. The number of aromatic nitrogens is 1. The summed E-state index contributed by atoms with van der Waals surface area (Å²) in [4.78, 5) is 15.2. The maximum atomic E-state index is 13.5. The first-order valence-corrected chi connectivity index (χ1v) is 6.97. The van der Waals surface area contributed by atoms with Crippen LogP contribution in [0, 0.1) is 17.1 Å². The zero-order valence-corrected chi connectivity index (χ0v) is 12.5. The maximum Gasteiger partial charge on any atom is 0.191 e. The van der Waals surface area contributed by atoms with Crippen molar-refractivity contribution in [2.75, 3.05) is 0 Å². The molecule has 0 fully saturated rings. The Hall–Kier alpha value is -2.35. The molecule has 0 aliphatic heterocycles. The average Bonchev–Trinajstić information content (AvgIpc) is 2.46. The van der Waals surface area contributed by atoms with Crippen LogP contribution in [-0.2, 0) is 0 Å². The number of nitrogens with zero attached hydrogens (tertiary/aromatic N) is 1. The molecule has 0 spiro atoms. The zero-order chi connectivity index (χ0) is 15.9. The number of halogens is 3. The fraction of sp³-hybridized carbons (Fsp3) is 0. The van der Waals surface area contributed by atoms with Crippen LogP contribution >= 0.6 is 23.2 Å². The largest absolute Gasteiger partial charge is 0.354 e. The van der Waals surface area contributed by atoms with E-state index in [2.05, 4.69) is 4.98 Å². The van der Waals surface area contributed by atoms with E-state index in [1.54, 1.807) is 18.2 Å². The molecule has 1 aromatic heterocycles. The topological polar surface area (TPSA) is 56.6 Å². The van der Waals surface area contributed by atoms with Gasteiger partial charge in [0.15, 0.2) is 5.43 Å². The van der Waals surface area contributed by atoms with E-state index in [1.807, 2.05) is 6.07 Å². The number of fused-ring (bicyclic) bond motifs is 1. The number of hydrogen-bond acceptors (Lipinski definition) is 2. The van der Waals surface area contributed by atoms with Crippen LogP contribution in [0.5, 0.6) is 0 Å². The Labute approximate surface area is 134 Å². The van der Waals surface area contributed by atoms with Gasteiger partial charge in [0, 0.05) is 16.7 Å². The van der Waals surface area contributed by atoms with Crippen LogP contribution in [0.15, 0.2) is 41.2 Å². The highest BCUT2D eigenvalue weighted by molar-refractivity contribution is 6.35. The average molecular weight is 333 g/mol. The molecule has 3 rings (SSSR count). The molecule has 6 heteroatoms. The Bertz CT molecular complexity index is 1010. The van der Waals surface area contributed by atoms with Gasteiger partial charge in [-0.05, 0) is 30.3 Å². The quantitative estimate of drug-likeness (QED) is 0.712. The molecular formula is C16H7Cl2FN2O. The van der Waals surface area contributed by atoms with Gasteiger partial charge in [-0.3, -0.25) is 4.79 Å². The van der Waals surface area contributed by atoms with Gasteiger partial charge in [0.1, 0.15) is 5.82 Å². The fourth-order valence-corrected chi connectivity index (χ4v) is 2.77. The van der Waals surface area contributed by atoms with Gasteiger partial charge in [0.2, 0.25) is 0 Å². The van der Waals surface area contributed by atoms with E-state index in [-0.39, 0.29) is 21.4 Å². The second-order valence-corrected chi connectivity index (χ2v) is 5.48. The molecule has 1 N–H and O–H groups in total. The van der Waals surface area contributed by atoms with E-state index in [4.69, 9.17) is 28.5 Å². The van der Waals surface area contributed by atoms with Crippen molar-refractivity contribution in [2.24, 2.45) is 0 Å². The third kappa shape index (κ3) is 2.45. The number of benzene rings is 2. The van der Waals surface area contributed by atoms with Gasteiger partial charge in [-0.2, -0.15) is 5.26 Å². The van der Waals surface area contributed by atoms with Crippen molar-refractivity contribution in [3.63, 3.8) is 0 Å². The van der Waals surface area contributed by atoms with Gasteiger partial charge in [-0.15, -0.1) is 0 Å². The molecule has 1 heterocycles. The Morgan fingerprint density at radius 1 is 1.09 bits per heavy atom. The van der Waals surface area contributed by atoms with Crippen LogP contribution in [-0.4, -0.2) is 4.98 Å². The SMILES string of the molecule is N#Cc1ccc(Cl)c(-c2cc(=O)c3c(Cl)cc(F)cc3[nH]2)c1. The Balaban J connectivity index is 2.34. The summed E-state index contributed by atoms with van der Waals surface area (Å²) in [7, 11) is 0. The molecule has 108 valence electrons. The molecule has 0 saturated heterocycles. The summed E-state index contributed by atoms with van der Waals surface area (Å²) in [5.41, 5.74) is 1.19. The highest BCUT2D eigenvalue weighted by Gasteiger charge is 2.12. The van der Waals surface area contributed by atoms with E-state index in [1.165, 1.54) is 12.1 Å². The Morgan fingerprint density at radius 3 is 2.59 bits per heavy atom. The number of rotatable bonds is 1. The lowest BCUT2D eigenvalue weighted by Crippen LogP contribution is -2.04. The fourth-order valence-electron chi connectivity index (χ4n) is 2.25. The van der Waals surface area contributed by atoms with E-state index in [0.717, 1.165) is 6.07 Å². The summed E-state index contributed by atoms with van der Waals surface area (Å²) in [5.74, 6) is -0.554. The molecular weight excluding hydrogens is 326 g/mol. The minimum atomic E-state index is -0.554. The van der Waals surface area contributed by atoms with Crippen molar-refractivity contribution in [2.45, 2.75) is 0 Å². The number of aromatic amines is 1. The number of hydrogen-bond donors (Lipinski definition) is 1. The monoisotopic (exact) mass is 332 g/mol. The van der Waals surface area contributed by atoms with Gasteiger partial charge in [0.05, 0.1) is 33.3 Å². The lowest BCUT2D eigenvalue weighted by Gasteiger charge is -2.08. The number of nitriles is 1. The first-order valence-electron chi connectivity index (χ1n) is 6.21. The summed E-state index contributed by atoms with van der Waals surface area (Å²) < 4.78 is 13.5. The molecule has 0 aliphatic carbocycles. The smallest absolute Gasteiger partial charge is 0.191 e. The third-order valence-electron chi connectivity index (χ3n) is 3.23. The molecule has 2 aromatic carbocycles. The van der Waals surface area contributed by atoms with E-state index < -0.39 is 5.82 Å². The number of pyridine rings is 1. The summed E-state index contributed by atoms with van der Waals surface area (Å²) in [6.07, 6.45) is 0. The van der Waals surface area contributed by atoms with Crippen LogP contribution in [0.2, 0.25) is 10.0 Å². The van der Waals surface area contributed by atoms with Gasteiger partial charge in [-0.25, -0.2) is 4.39 Å². The standard InChI is InChI=1S/C16H7Cl2FN2O/c17-11-2-1-8(7-20)3-10(11)13-6-15(22)16-12(18)4-9(19)5-14(16)21-13/h1-6H,(H,21,22). The highest BCUT2D eigenvalue weighted by atomic mass is 35.5. The molecule has 0 unspecified atom stereocenters.